The molecule has 2 aromatic rings. The van der Waals surface area contributed by atoms with Gasteiger partial charge < -0.3 is 5.32 Å². The molecule has 5 heteroatoms. The number of nitrogens with zero attached hydrogens (tertiary/aromatic N) is 3. The van der Waals surface area contributed by atoms with Crippen molar-refractivity contribution in [2.24, 2.45) is 13.0 Å². The predicted molar refractivity (Wildman–Crippen MR) is 99.2 cm³/mol. The van der Waals surface area contributed by atoms with Crippen molar-refractivity contribution >= 4 is 5.91 Å². The maximum absolute atomic E-state index is 12.2. The number of piperidine rings is 1. The van der Waals surface area contributed by atoms with Crippen molar-refractivity contribution < 1.29 is 4.79 Å². The summed E-state index contributed by atoms with van der Waals surface area (Å²) >= 11 is 0. The molecule has 1 aliphatic rings. The van der Waals surface area contributed by atoms with Crippen LogP contribution < -0.4 is 5.32 Å². The summed E-state index contributed by atoms with van der Waals surface area (Å²) in [5.41, 5.74) is 3.90. The molecule has 1 N–H and O–H groups in total. The minimum Gasteiger partial charge on any atom is -0.347 e. The summed E-state index contributed by atoms with van der Waals surface area (Å²) in [5.74, 6) is 0.778. The lowest BCUT2D eigenvalue weighted by Crippen LogP contribution is -2.32. The molecule has 1 amide bonds. The molecule has 0 radical (unpaired) electrons. The van der Waals surface area contributed by atoms with Crippen LogP contribution in [0.1, 0.15) is 47.1 Å². The number of rotatable bonds is 5. The molecule has 0 spiro atoms. The molecule has 2 heterocycles. The van der Waals surface area contributed by atoms with Crippen LogP contribution in [0.3, 0.4) is 0 Å². The third kappa shape index (κ3) is 4.69. The maximum atomic E-state index is 12.2. The highest BCUT2D eigenvalue weighted by Gasteiger charge is 2.15. The van der Waals surface area contributed by atoms with E-state index in [2.05, 4.69) is 46.5 Å². The van der Waals surface area contributed by atoms with Crippen LogP contribution in [-0.2, 0) is 20.1 Å². The first-order chi connectivity index (χ1) is 12.0. The van der Waals surface area contributed by atoms with E-state index in [1.54, 1.807) is 17.8 Å². The van der Waals surface area contributed by atoms with Crippen LogP contribution in [0.25, 0.3) is 0 Å². The summed E-state index contributed by atoms with van der Waals surface area (Å²) in [5, 5.41) is 7.17. The second-order valence-corrected chi connectivity index (χ2v) is 7.25. The Morgan fingerprint density at radius 3 is 2.44 bits per heavy atom. The molecule has 134 valence electrons. The molecule has 1 aliphatic heterocycles. The summed E-state index contributed by atoms with van der Waals surface area (Å²) < 4.78 is 1.62. The van der Waals surface area contributed by atoms with Crippen LogP contribution in [-0.4, -0.2) is 33.7 Å². The molecule has 1 aromatic carbocycles. The standard InChI is InChI=1S/C20H28N4O/c1-15-8-10-24(11-9-15)14-18-6-4-17(5-7-18)13-21-20(25)19-12-16(2)22-23(19)3/h4-7,12,15H,8-11,13-14H2,1-3H3,(H,21,25). The van der Waals surface area contributed by atoms with Gasteiger partial charge in [-0.1, -0.05) is 31.2 Å². The van der Waals surface area contributed by atoms with E-state index in [1.807, 2.05) is 6.92 Å². The molecule has 0 atom stereocenters. The molecule has 0 aliphatic carbocycles. The average Bonchev–Trinajstić information content (AvgIpc) is 2.94. The van der Waals surface area contributed by atoms with Crippen LogP contribution >= 0.6 is 0 Å². The highest BCUT2D eigenvalue weighted by molar-refractivity contribution is 5.92. The Labute approximate surface area is 150 Å². The van der Waals surface area contributed by atoms with E-state index in [0.717, 1.165) is 23.7 Å². The van der Waals surface area contributed by atoms with E-state index in [9.17, 15) is 4.79 Å². The Balaban J connectivity index is 1.50. The number of hydrogen-bond donors (Lipinski definition) is 1. The van der Waals surface area contributed by atoms with Gasteiger partial charge in [0.05, 0.1) is 5.69 Å². The second-order valence-electron chi connectivity index (χ2n) is 7.25. The van der Waals surface area contributed by atoms with Crippen molar-refractivity contribution in [2.45, 2.75) is 39.8 Å². The Bertz CT molecular complexity index is 712. The molecular formula is C20H28N4O. The van der Waals surface area contributed by atoms with Crippen LogP contribution in [0.2, 0.25) is 0 Å². The molecular weight excluding hydrogens is 312 g/mol. The monoisotopic (exact) mass is 340 g/mol. The van der Waals surface area contributed by atoms with E-state index in [0.29, 0.717) is 12.2 Å². The fraction of sp³-hybridized carbons (Fsp3) is 0.500. The molecule has 0 unspecified atom stereocenters. The molecule has 5 nitrogen and oxygen atoms in total. The lowest BCUT2D eigenvalue weighted by atomic mass is 9.99. The number of carbonyl (C=O) groups is 1. The first-order valence-electron chi connectivity index (χ1n) is 9.10. The highest BCUT2D eigenvalue weighted by atomic mass is 16.2. The molecule has 1 aromatic heterocycles. The number of benzene rings is 1. The summed E-state index contributed by atoms with van der Waals surface area (Å²) in [6, 6.07) is 10.4. The minimum absolute atomic E-state index is 0.0883. The average molecular weight is 340 g/mol. The highest BCUT2D eigenvalue weighted by Crippen LogP contribution is 2.18. The van der Waals surface area contributed by atoms with E-state index in [-0.39, 0.29) is 5.91 Å². The van der Waals surface area contributed by atoms with Gasteiger partial charge in [0, 0.05) is 20.1 Å². The predicted octanol–water partition coefficient (Wildman–Crippen LogP) is 2.89. The van der Waals surface area contributed by atoms with Gasteiger partial charge in [-0.25, -0.2) is 0 Å². The Hall–Kier alpha value is -2.14. The second kappa shape index (κ2) is 7.83. The minimum atomic E-state index is -0.0883. The van der Waals surface area contributed by atoms with E-state index in [4.69, 9.17) is 0 Å². The number of nitrogens with one attached hydrogen (secondary N) is 1. The zero-order valence-corrected chi connectivity index (χ0v) is 15.5. The van der Waals surface area contributed by atoms with Gasteiger partial charge in [-0.15, -0.1) is 0 Å². The maximum Gasteiger partial charge on any atom is 0.269 e. The number of amides is 1. The van der Waals surface area contributed by atoms with Gasteiger partial charge in [-0.05, 0) is 56.0 Å². The molecule has 0 saturated carbocycles. The summed E-state index contributed by atoms with van der Waals surface area (Å²) in [7, 11) is 1.79. The summed E-state index contributed by atoms with van der Waals surface area (Å²) in [4.78, 5) is 14.8. The van der Waals surface area contributed by atoms with Crippen LogP contribution in [0.4, 0.5) is 0 Å². The molecule has 0 bridgehead atoms. The zero-order valence-electron chi connectivity index (χ0n) is 15.5. The molecule has 1 fully saturated rings. The first kappa shape index (κ1) is 17.7. The van der Waals surface area contributed by atoms with Crippen molar-refractivity contribution in [2.75, 3.05) is 13.1 Å². The van der Waals surface area contributed by atoms with Gasteiger partial charge in [-0.3, -0.25) is 14.4 Å². The van der Waals surface area contributed by atoms with Crippen molar-refractivity contribution in [1.82, 2.24) is 20.0 Å². The lowest BCUT2D eigenvalue weighted by molar-refractivity contribution is 0.0941. The Morgan fingerprint density at radius 1 is 1.20 bits per heavy atom. The Morgan fingerprint density at radius 2 is 1.84 bits per heavy atom. The van der Waals surface area contributed by atoms with Gasteiger partial charge in [0.25, 0.3) is 5.91 Å². The Kier molecular flexibility index (Phi) is 5.53. The van der Waals surface area contributed by atoms with E-state index >= 15 is 0 Å². The SMILES string of the molecule is Cc1cc(C(=O)NCc2ccc(CN3CCC(C)CC3)cc2)n(C)n1. The van der Waals surface area contributed by atoms with Gasteiger partial charge in [-0.2, -0.15) is 5.10 Å². The van der Waals surface area contributed by atoms with Crippen LogP contribution in [0, 0.1) is 12.8 Å². The smallest absolute Gasteiger partial charge is 0.269 e. The van der Waals surface area contributed by atoms with Crippen molar-refractivity contribution in [1.29, 1.82) is 0 Å². The van der Waals surface area contributed by atoms with Crippen LogP contribution in [0.15, 0.2) is 30.3 Å². The van der Waals surface area contributed by atoms with Gasteiger partial charge in [0.15, 0.2) is 0 Å². The summed E-state index contributed by atoms with van der Waals surface area (Å²) in [6.45, 7) is 8.18. The molecule has 3 rings (SSSR count). The summed E-state index contributed by atoms with van der Waals surface area (Å²) in [6.07, 6.45) is 2.61. The van der Waals surface area contributed by atoms with E-state index < -0.39 is 0 Å². The number of aromatic nitrogens is 2. The number of hydrogen-bond acceptors (Lipinski definition) is 3. The van der Waals surface area contributed by atoms with Crippen LogP contribution in [0.5, 0.6) is 0 Å². The van der Waals surface area contributed by atoms with Crippen molar-refractivity contribution in [3.05, 3.63) is 52.8 Å². The zero-order chi connectivity index (χ0) is 17.8. The fourth-order valence-electron chi connectivity index (χ4n) is 3.34. The third-order valence-electron chi connectivity index (χ3n) is 4.99. The van der Waals surface area contributed by atoms with Gasteiger partial charge in [0.1, 0.15) is 5.69 Å². The number of carbonyl (C=O) groups excluding carboxylic acids is 1. The third-order valence-corrected chi connectivity index (χ3v) is 4.99. The van der Waals surface area contributed by atoms with Gasteiger partial charge >= 0.3 is 0 Å². The fourth-order valence-corrected chi connectivity index (χ4v) is 3.34. The quantitative estimate of drug-likeness (QED) is 0.910. The molecule has 1 saturated heterocycles. The lowest BCUT2D eigenvalue weighted by Gasteiger charge is -2.30. The van der Waals surface area contributed by atoms with Crippen molar-refractivity contribution in [3.63, 3.8) is 0 Å². The van der Waals surface area contributed by atoms with E-state index in [1.165, 1.54) is 31.5 Å². The topological polar surface area (TPSA) is 50.2 Å². The van der Waals surface area contributed by atoms with Crippen molar-refractivity contribution in [3.8, 4) is 0 Å². The first-order valence-corrected chi connectivity index (χ1v) is 9.10. The molecule has 25 heavy (non-hydrogen) atoms. The van der Waals surface area contributed by atoms with Gasteiger partial charge in [0.2, 0.25) is 0 Å². The number of likely N-dealkylation sites (tertiary alicyclic amines) is 1. The normalized spacial score (nSPS) is 16.1. The number of aryl methyl sites for hydroxylation is 2. The largest absolute Gasteiger partial charge is 0.347 e.